The van der Waals surface area contributed by atoms with Crippen LogP contribution in [0.2, 0.25) is 0 Å². The Labute approximate surface area is 152 Å². The Kier molecular flexibility index (Phi) is 4.98. The summed E-state index contributed by atoms with van der Waals surface area (Å²) in [6.07, 6.45) is 5.99. The van der Waals surface area contributed by atoms with E-state index in [1.165, 1.54) is 0 Å². The van der Waals surface area contributed by atoms with Gasteiger partial charge < -0.3 is 19.4 Å². The Hall–Kier alpha value is -1.93. The molecule has 0 saturated carbocycles. The summed E-state index contributed by atoms with van der Waals surface area (Å²) < 4.78 is 5.42. The van der Waals surface area contributed by atoms with E-state index in [0.29, 0.717) is 6.04 Å². The normalized spacial score (nSPS) is 19.2. The Morgan fingerprint density at radius 2 is 1.88 bits per heavy atom. The van der Waals surface area contributed by atoms with E-state index in [9.17, 15) is 0 Å². The van der Waals surface area contributed by atoms with Crippen molar-refractivity contribution < 1.29 is 4.74 Å². The van der Waals surface area contributed by atoms with Crippen molar-refractivity contribution in [2.24, 2.45) is 0 Å². The summed E-state index contributed by atoms with van der Waals surface area (Å²) in [5, 5.41) is 3.18. The molecule has 4 heterocycles. The molecule has 0 spiro atoms. The van der Waals surface area contributed by atoms with E-state index in [1.54, 1.807) is 11.3 Å². The fraction of sp³-hybridized carbons (Fsp3) is 0.588. The maximum Gasteiger partial charge on any atom is 0.227 e. The van der Waals surface area contributed by atoms with Gasteiger partial charge in [-0.3, -0.25) is 0 Å². The van der Waals surface area contributed by atoms with Gasteiger partial charge in [-0.2, -0.15) is 4.98 Å². The van der Waals surface area contributed by atoms with Gasteiger partial charge in [0.15, 0.2) is 5.13 Å². The summed E-state index contributed by atoms with van der Waals surface area (Å²) in [4.78, 5) is 20.6. The molecule has 0 aromatic carbocycles. The van der Waals surface area contributed by atoms with Crippen molar-refractivity contribution >= 4 is 28.2 Å². The van der Waals surface area contributed by atoms with Crippen LogP contribution in [0.25, 0.3) is 0 Å². The zero-order valence-electron chi connectivity index (χ0n) is 14.5. The third-order valence-electron chi connectivity index (χ3n) is 4.99. The molecule has 4 rings (SSSR count). The topological polar surface area (TPSA) is 57.6 Å². The van der Waals surface area contributed by atoms with Gasteiger partial charge in [-0.05, 0) is 18.9 Å². The van der Waals surface area contributed by atoms with Gasteiger partial charge in [-0.25, -0.2) is 9.97 Å². The smallest absolute Gasteiger partial charge is 0.227 e. The number of rotatable bonds is 4. The Balaban J connectivity index is 1.40. The lowest BCUT2D eigenvalue weighted by atomic mass is 10.0. The van der Waals surface area contributed by atoms with E-state index >= 15 is 0 Å². The minimum absolute atomic E-state index is 0.503. The SMILES string of the molecule is CN(c1ccnc(N2CCOCC2)n1)C1CCN(c2nccs2)CC1. The second-order valence-corrected chi connectivity index (χ2v) is 7.33. The van der Waals surface area contributed by atoms with Gasteiger partial charge in [-0.1, -0.05) is 0 Å². The van der Waals surface area contributed by atoms with Crippen LogP contribution in [-0.4, -0.2) is 67.4 Å². The summed E-state index contributed by atoms with van der Waals surface area (Å²) in [5.41, 5.74) is 0. The molecular formula is C17H24N6OS. The molecule has 0 unspecified atom stereocenters. The fourth-order valence-corrected chi connectivity index (χ4v) is 4.15. The zero-order valence-corrected chi connectivity index (χ0v) is 15.4. The van der Waals surface area contributed by atoms with Crippen LogP contribution >= 0.6 is 11.3 Å². The van der Waals surface area contributed by atoms with Crippen LogP contribution in [0.1, 0.15) is 12.8 Å². The van der Waals surface area contributed by atoms with Crippen LogP contribution in [0.5, 0.6) is 0 Å². The van der Waals surface area contributed by atoms with Gasteiger partial charge in [0.25, 0.3) is 0 Å². The van der Waals surface area contributed by atoms with Crippen LogP contribution in [0.15, 0.2) is 23.8 Å². The van der Waals surface area contributed by atoms with Crippen LogP contribution in [0, 0.1) is 0 Å². The third kappa shape index (κ3) is 3.69. The highest BCUT2D eigenvalue weighted by atomic mass is 32.1. The predicted octanol–water partition coefficient (Wildman–Crippen LogP) is 1.87. The third-order valence-corrected chi connectivity index (χ3v) is 5.82. The molecule has 2 aromatic rings. The summed E-state index contributed by atoms with van der Waals surface area (Å²) >= 11 is 1.72. The van der Waals surface area contributed by atoms with Gasteiger partial charge in [0.05, 0.1) is 13.2 Å². The summed E-state index contributed by atoms with van der Waals surface area (Å²) in [6, 6.07) is 2.51. The van der Waals surface area contributed by atoms with Crippen LogP contribution in [0.3, 0.4) is 0 Å². The van der Waals surface area contributed by atoms with E-state index in [4.69, 9.17) is 9.72 Å². The first-order valence-electron chi connectivity index (χ1n) is 8.84. The molecule has 134 valence electrons. The number of nitrogens with zero attached hydrogens (tertiary/aromatic N) is 6. The molecule has 2 aromatic heterocycles. The van der Waals surface area contributed by atoms with Crippen LogP contribution in [-0.2, 0) is 4.74 Å². The predicted molar refractivity (Wildman–Crippen MR) is 101 cm³/mol. The van der Waals surface area contributed by atoms with Crippen molar-refractivity contribution in [3.63, 3.8) is 0 Å². The zero-order chi connectivity index (χ0) is 17.1. The molecule has 0 aliphatic carbocycles. The van der Waals surface area contributed by atoms with Crippen molar-refractivity contribution in [2.75, 3.05) is 61.1 Å². The van der Waals surface area contributed by atoms with Gasteiger partial charge in [0, 0.05) is 57.0 Å². The van der Waals surface area contributed by atoms with Gasteiger partial charge in [-0.15, -0.1) is 11.3 Å². The molecule has 0 N–H and O–H groups in total. The number of piperidine rings is 1. The molecule has 2 saturated heterocycles. The first-order valence-corrected chi connectivity index (χ1v) is 9.72. The first-order chi connectivity index (χ1) is 12.3. The van der Waals surface area contributed by atoms with Crippen molar-refractivity contribution in [1.29, 1.82) is 0 Å². The van der Waals surface area contributed by atoms with Crippen LogP contribution < -0.4 is 14.7 Å². The van der Waals surface area contributed by atoms with Crippen molar-refractivity contribution in [3.8, 4) is 0 Å². The quantitative estimate of drug-likeness (QED) is 0.825. The average molecular weight is 360 g/mol. The molecule has 7 nitrogen and oxygen atoms in total. The van der Waals surface area contributed by atoms with Crippen LogP contribution in [0.4, 0.5) is 16.9 Å². The van der Waals surface area contributed by atoms with Gasteiger partial charge >= 0.3 is 0 Å². The molecule has 2 fully saturated rings. The van der Waals surface area contributed by atoms with Crippen molar-refractivity contribution in [2.45, 2.75) is 18.9 Å². The Morgan fingerprint density at radius 1 is 1.08 bits per heavy atom. The lowest BCUT2D eigenvalue weighted by molar-refractivity contribution is 0.122. The van der Waals surface area contributed by atoms with Gasteiger partial charge in [0.2, 0.25) is 5.95 Å². The highest BCUT2D eigenvalue weighted by Gasteiger charge is 2.25. The number of aromatic nitrogens is 3. The number of morpholine rings is 1. The highest BCUT2D eigenvalue weighted by Crippen LogP contribution is 2.26. The molecule has 2 aliphatic heterocycles. The minimum atomic E-state index is 0.503. The monoisotopic (exact) mass is 360 g/mol. The molecule has 0 amide bonds. The highest BCUT2D eigenvalue weighted by molar-refractivity contribution is 7.13. The molecule has 0 radical (unpaired) electrons. The second-order valence-electron chi connectivity index (χ2n) is 6.46. The first kappa shape index (κ1) is 16.5. The Morgan fingerprint density at radius 3 is 2.60 bits per heavy atom. The molecular weight excluding hydrogens is 336 g/mol. The largest absolute Gasteiger partial charge is 0.378 e. The number of hydrogen-bond donors (Lipinski definition) is 0. The van der Waals surface area contributed by atoms with E-state index < -0.39 is 0 Å². The lowest BCUT2D eigenvalue weighted by Gasteiger charge is -2.37. The lowest BCUT2D eigenvalue weighted by Crippen LogP contribution is -2.44. The average Bonchev–Trinajstić information content (AvgIpc) is 3.23. The maximum absolute atomic E-state index is 5.42. The number of ether oxygens (including phenoxy) is 1. The fourth-order valence-electron chi connectivity index (χ4n) is 3.45. The molecule has 25 heavy (non-hydrogen) atoms. The summed E-state index contributed by atoms with van der Waals surface area (Å²) in [5.74, 6) is 1.82. The van der Waals surface area contributed by atoms with E-state index in [0.717, 1.165) is 69.1 Å². The standard InChI is InChI=1S/C17H24N6OS/c1-21(14-3-7-23(8-4-14)17-19-6-13-25-17)15-2-5-18-16(20-15)22-9-11-24-12-10-22/h2,5-6,13-14H,3-4,7-12H2,1H3. The van der Waals surface area contributed by atoms with Crippen molar-refractivity contribution in [1.82, 2.24) is 15.0 Å². The summed E-state index contributed by atoms with van der Waals surface area (Å²) in [6.45, 7) is 5.31. The minimum Gasteiger partial charge on any atom is -0.378 e. The Bertz CT molecular complexity index is 668. The van der Waals surface area contributed by atoms with Crippen molar-refractivity contribution in [3.05, 3.63) is 23.8 Å². The number of thiazole rings is 1. The maximum atomic E-state index is 5.42. The van der Waals surface area contributed by atoms with Gasteiger partial charge in [0.1, 0.15) is 5.82 Å². The molecule has 8 heteroatoms. The number of hydrogen-bond acceptors (Lipinski definition) is 8. The summed E-state index contributed by atoms with van der Waals surface area (Å²) in [7, 11) is 2.15. The second kappa shape index (κ2) is 7.53. The number of anilines is 3. The molecule has 0 bridgehead atoms. The van der Waals surface area contributed by atoms with E-state index in [-0.39, 0.29) is 0 Å². The molecule has 0 atom stereocenters. The van der Waals surface area contributed by atoms with E-state index in [1.807, 2.05) is 23.8 Å². The molecule has 2 aliphatic rings. The van der Waals surface area contributed by atoms with E-state index in [2.05, 4.69) is 31.7 Å².